The van der Waals surface area contributed by atoms with Crippen molar-refractivity contribution in [1.82, 2.24) is 0 Å². The zero-order valence-electron chi connectivity index (χ0n) is 14.5. The Morgan fingerprint density at radius 3 is 2.38 bits per heavy atom. The third kappa shape index (κ3) is 4.52. The molecule has 1 atom stereocenters. The van der Waals surface area contributed by atoms with Crippen molar-refractivity contribution in [3.63, 3.8) is 0 Å². The molecule has 1 saturated carbocycles. The highest BCUT2D eigenvalue weighted by atomic mass is 32.2. The van der Waals surface area contributed by atoms with Crippen molar-refractivity contribution in [1.29, 1.82) is 0 Å². The Morgan fingerprint density at radius 2 is 1.77 bits per heavy atom. The molecule has 0 spiro atoms. The van der Waals surface area contributed by atoms with Crippen molar-refractivity contribution in [3.8, 4) is 0 Å². The lowest BCUT2D eigenvalue weighted by molar-refractivity contribution is -0.153. The number of hydrogen-bond acceptors (Lipinski definition) is 5. The van der Waals surface area contributed by atoms with Crippen LogP contribution in [0.1, 0.15) is 32.1 Å². The molecule has 0 radical (unpaired) electrons. The van der Waals surface area contributed by atoms with E-state index < -0.39 is 21.8 Å². The van der Waals surface area contributed by atoms with Crippen LogP contribution >= 0.6 is 0 Å². The van der Waals surface area contributed by atoms with Gasteiger partial charge in [-0.15, -0.1) is 0 Å². The molecule has 1 aromatic rings. The van der Waals surface area contributed by atoms with E-state index in [0.717, 1.165) is 37.5 Å². The molecule has 7 heteroatoms. The second kappa shape index (κ2) is 8.03. The molecule has 2 aliphatic rings. The molecule has 0 N–H and O–H groups in total. The number of nitrogens with zero attached hydrogens (tertiary/aromatic N) is 1. The summed E-state index contributed by atoms with van der Waals surface area (Å²) in [5.74, 6) is -1.05. The van der Waals surface area contributed by atoms with Crippen LogP contribution in [0.3, 0.4) is 0 Å². The van der Waals surface area contributed by atoms with Crippen LogP contribution in [0.5, 0.6) is 0 Å². The van der Waals surface area contributed by atoms with Gasteiger partial charge in [0.15, 0.2) is 16.4 Å². The number of hydrogen-bond donors (Lipinski definition) is 0. The number of rotatable bonds is 5. The molecule has 140 valence electrons. The second-order valence-corrected chi connectivity index (χ2v) is 8.70. The van der Waals surface area contributed by atoms with Crippen LogP contribution in [0.25, 0.3) is 0 Å². The first-order chi connectivity index (χ1) is 12.5. The van der Waals surface area contributed by atoms with Gasteiger partial charge in [0.05, 0.1) is 17.7 Å². The van der Waals surface area contributed by atoms with Gasteiger partial charge in [-0.3, -0.25) is 9.59 Å². The number of amides is 1. The lowest BCUT2D eigenvalue weighted by Gasteiger charge is -2.28. The maximum absolute atomic E-state index is 12.7. The minimum absolute atomic E-state index is 0.131. The number of para-hydroxylation sites is 1. The average molecular weight is 377 g/mol. The van der Waals surface area contributed by atoms with Crippen LogP contribution in [0.4, 0.5) is 5.69 Å². The lowest BCUT2D eigenvalue weighted by Crippen LogP contribution is -2.43. The minimum atomic E-state index is -3.31. The summed E-state index contributed by atoms with van der Waals surface area (Å²) in [5.41, 5.74) is 0.581. The third-order valence-electron chi connectivity index (χ3n) is 4.82. The van der Waals surface area contributed by atoms with Crippen LogP contribution in [0, 0.1) is 5.92 Å². The molecular weight excluding hydrogens is 354 g/mol. The highest BCUT2D eigenvalue weighted by molar-refractivity contribution is 7.94. The predicted octanol–water partition coefficient (Wildman–Crippen LogP) is 2.45. The van der Waals surface area contributed by atoms with Gasteiger partial charge < -0.3 is 9.64 Å². The Balaban J connectivity index is 1.69. The van der Waals surface area contributed by atoms with E-state index in [2.05, 4.69) is 0 Å². The van der Waals surface area contributed by atoms with Crippen molar-refractivity contribution >= 4 is 27.4 Å². The quantitative estimate of drug-likeness (QED) is 0.737. The van der Waals surface area contributed by atoms with Crippen LogP contribution in [-0.4, -0.2) is 38.7 Å². The zero-order chi connectivity index (χ0) is 18.6. The largest absolute Gasteiger partial charge is 0.455 e. The summed E-state index contributed by atoms with van der Waals surface area (Å²) in [5, 5.41) is 1.13. The fraction of sp³-hybridized carbons (Fsp3) is 0.474. The first-order valence-corrected chi connectivity index (χ1v) is 10.6. The van der Waals surface area contributed by atoms with Gasteiger partial charge in [0, 0.05) is 11.1 Å². The Labute approximate surface area is 153 Å². The van der Waals surface area contributed by atoms with Gasteiger partial charge in [0.2, 0.25) is 0 Å². The topological polar surface area (TPSA) is 80.8 Å². The zero-order valence-corrected chi connectivity index (χ0v) is 15.4. The number of benzene rings is 1. The van der Waals surface area contributed by atoms with E-state index in [1.54, 1.807) is 24.3 Å². The van der Waals surface area contributed by atoms with E-state index in [9.17, 15) is 18.0 Å². The first kappa shape index (κ1) is 18.6. The summed E-state index contributed by atoms with van der Waals surface area (Å²) >= 11 is 0. The summed E-state index contributed by atoms with van der Waals surface area (Å²) < 4.78 is 28.8. The summed E-state index contributed by atoms with van der Waals surface area (Å²) in [6.07, 6.45) is 6.26. The maximum atomic E-state index is 12.7. The van der Waals surface area contributed by atoms with Crippen LogP contribution < -0.4 is 4.90 Å². The molecule has 1 aromatic carbocycles. The fourth-order valence-corrected chi connectivity index (χ4v) is 4.76. The second-order valence-electron chi connectivity index (χ2n) is 6.77. The maximum Gasteiger partial charge on any atom is 0.309 e. The molecule has 0 aromatic heterocycles. The Hall–Kier alpha value is -2.15. The normalized spacial score (nSPS) is 22.1. The van der Waals surface area contributed by atoms with Gasteiger partial charge in [-0.05, 0) is 31.1 Å². The van der Waals surface area contributed by atoms with Gasteiger partial charge in [0.25, 0.3) is 5.91 Å². The van der Waals surface area contributed by atoms with Crippen LogP contribution in [0.15, 0.2) is 41.8 Å². The van der Waals surface area contributed by atoms with Crippen molar-refractivity contribution in [2.75, 3.05) is 17.3 Å². The number of anilines is 1. The molecule has 3 rings (SSSR count). The predicted molar refractivity (Wildman–Crippen MR) is 98.2 cm³/mol. The van der Waals surface area contributed by atoms with Gasteiger partial charge in [-0.2, -0.15) is 0 Å². The van der Waals surface area contributed by atoms with Crippen molar-refractivity contribution < 1.29 is 22.7 Å². The third-order valence-corrected chi connectivity index (χ3v) is 6.20. The smallest absolute Gasteiger partial charge is 0.309 e. The molecule has 1 aliphatic heterocycles. The van der Waals surface area contributed by atoms with Crippen LogP contribution in [-0.2, 0) is 24.2 Å². The molecule has 0 unspecified atom stereocenters. The van der Waals surface area contributed by atoms with Gasteiger partial charge in [-0.25, -0.2) is 8.42 Å². The number of carbonyl (C=O) groups is 2. The molecule has 0 saturated heterocycles. The van der Waals surface area contributed by atoms with Crippen molar-refractivity contribution in [2.45, 2.75) is 38.1 Å². The molecule has 26 heavy (non-hydrogen) atoms. The average Bonchev–Trinajstić information content (AvgIpc) is 3.01. The summed E-state index contributed by atoms with van der Waals surface area (Å²) in [6.45, 7) is -0.380. The molecule has 6 nitrogen and oxygen atoms in total. The molecule has 1 heterocycles. The fourth-order valence-electron chi connectivity index (χ4n) is 3.49. The Morgan fingerprint density at radius 1 is 1.08 bits per heavy atom. The number of ether oxygens (including phenoxy) is 1. The van der Waals surface area contributed by atoms with E-state index in [4.69, 9.17) is 4.74 Å². The van der Waals surface area contributed by atoms with Gasteiger partial charge >= 0.3 is 5.97 Å². The minimum Gasteiger partial charge on any atom is -0.455 e. The summed E-state index contributed by atoms with van der Waals surface area (Å²) in [6, 6.07) is 8.24. The highest BCUT2D eigenvalue weighted by Crippen LogP contribution is 2.25. The molecule has 1 aliphatic carbocycles. The van der Waals surface area contributed by atoms with Crippen molar-refractivity contribution in [3.05, 3.63) is 41.8 Å². The molecule has 0 bridgehead atoms. The lowest BCUT2D eigenvalue weighted by atomic mass is 9.89. The first-order valence-electron chi connectivity index (χ1n) is 8.91. The number of sulfone groups is 1. The summed E-state index contributed by atoms with van der Waals surface area (Å²) in [7, 11) is -3.31. The highest BCUT2D eigenvalue weighted by Gasteiger charge is 2.32. The summed E-state index contributed by atoms with van der Waals surface area (Å²) in [4.78, 5) is 26.3. The molecule has 1 amide bonds. The van der Waals surface area contributed by atoms with E-state index >= 15 is 0 Å². The monoisotopic (exact) mass is 377 g/mol. The van der Waals surface area contributed by atoms with Crippen LogP contribution in [0.2, 0.25) is 0 Å². The Bertz CT molecular complexity index is 781. The van der Waals surface area contributed by atoms with E-state index in [-0.39, 0.29) is 24.2 Å². The van der Waals surface area contributed by atoms with Gasteiger partial charge in [-0.1, -0.05) is 37.5 Å². The van der Waals surface area contributed by atoms with E-state index in [1.807, 2.05) is 6.07 Å². The SMILES string of the molecule is O=C(OCC(=O)N(c1ccccc1)[C@H]1C=CS(=O)(=O)C1)C1CCCCC1. The molecule has 1 fully saturated rings. The Kier molecular flexibility index (Phi) is 5.76. The number of carbonyl (C=O) groups excluding carboxylic acids is 2. The standard InChI is InChI=1S/C19H23NO5S/c21-18(13-25-19(22)15-7-3-1-4-8-15)20(16-9-5-2-6-10-16)17-11-12-26(23,24)14-17/h2,5-6,9-12,15,17H,1,3-4,7-8,13-14H2/t17-/m0/s1. The van der Waals surface area contributed by atoms with E-state index in [1.165, 1.54) is 11.0 Å². The van der Waals surface area contributed by atoms with Crippen molar-refractivity contribution in [2.24, 2.45) is 5.92 Å². The number of esters is 1. The van der Waals surface area contributed by atoms with E-state index in [0.29, 0.717) is 5.69 Å². The molecular formula is C19H23NO5S. The van der Waals surface area contributed by atoms with Gasteiger partial charge in [0.1, 0.15) is 0 Å².